The summed E-state index contributed by atoms with van der Waals surface area (Å²) in [6, 6.07) is 6.96. The summed E-state index contributed by atoms with van der Waals surface area (Å²) in [5.41, 5.74) is 3.64. The van der Waals surface area contributed by atoms with Crippen LogP contribution in [0, 0.1) is 6.92 Å². The Kier molecular flexibility index (Phi) is 4.94. The molecule has 5 heteroatoms. The Labute approximate surface area is 128 Å². The van der Waals surface area contributed by atoms with Crippen LogP contribution in [0.4, 0.5) is 5.69 Å². The number of sulfone groups is 1. The van der Waals surface area contributed by atoms with Gasteiger partial charge >= 0.3 is 0 Å². The first-order valence-electron chi connectivity index (χ1n) is 7.54. The van der Waals surface area contributed by atoms with Gasteiger partial charge in [-0.25, -0.2) is 8.42 Å². The van der Waals surface area contributed by atoms with Crippen molar-refractivity contribution in [3.05, 3.63) is 29.3 Å². The highest BCUT2D eigenvalue weighted by molar-refractivity contribution is 7.91. The first-order valence-corrected chi connectivity index (χ1v) is 9.37. The van der Waals surface area contributed by atoms with E-state index in [4.69, 9.17) is 0 Å². The summed E-state index contributed by atoms with van der Waals surface area (Å²) < 4.78 is 23.2. The fourth-order valence-electron chi connectivity index (χ4n) is 2.70. The van der Waals surface area contributed by atoms with Crippen molar-refractivity contribution in [3.63, 3.8) is 0 Å². The number of rotatable bonds is 5. The molecule has 1 heterocycles. The van der Waals surface area contributed by atoms with Crippen LogP contribution >= 0.6 is 0 Å². The Bertz CT molecular complexity index is 596. The second-order valence-electron chi connectivity index (χ2n) is 6.31. The second kappa shape index (κ2) is 6.36. The zero-order chi connectivity index (χ0) is 15.6. The predicted molar refractivity (Wildman–Crippen MR) is 88.6 cm³/mol. The van der Waals surface area contributed by atoms with Gasteiger partial charge in [0.2, 0.25) is 0 Å². The minimum atomic E-state index is -2.84. The quantitative estimate of drug-likeness (QED) is 0.905. The lowest BCUT2D eigenvalue weighted by molar-refractivity contribution is 0.587. The predicted octanol–water partition coefficient (Wildman–Crippen LogP) is 2.12. The van der Waals surface area contributed by atoms with E-state index in [2.05, 4.69) is 49.2 Å². The summed E-state index contributed by atoms with van der Waals surface area (Å²) in [4.78, 5) is 2.11. The molecule has 21 heavy (non-hydrogen) atoms. The first-order chi connectivity index (χ1) is 9.78. The SMILES string of the molecule is Cc1cc(N(C)C2CCS(=O)(=O)C2)ccc1CNC(C)C. The Morgan fingerprint density at radius 3 is 2.62 bits per heavy atom. The molecule has 1 aromatic rings. The van der Waals surface area contributed by atoms with Crippen LogP contribution in [0.5, 0.6) is 0 Å². The number of anilines is 1. The van der Waals surface area contributed by atoms with Crippen molar-refractivity contribution in [2.75, 3.05) is 23.5 Å². The van der Waals surface area contributed by atoms with Gasteiger partial charge in [-0.15, -0.1) is 0 Å². The highest BCUT2D eigenvalue weighted by Gasteiger charge is 2.30. The molecule has 0 spiro atoms. The lowest BCUT2D eigenvalue weighted by Gasteiger charge is -2.26. The van der Waals surface area contributed by atoms with Crippen molar-refractivity contribution in [1.29, 1.82) is 0 Å². The highest BCUT2D eigenvalue weighted by Crippen LogP contribution is 2.25. The van der Waals surface area contributed by atoms with E-state index in [1.807, 2.05) is 7.05 Å². The van der Waals surface area contributed by atoms with Gasteiger partial charge in [-0.3, -0.25) is 0 Å². The molecule has 1 fully saturated rings. The molecule has 0 aromatic heterocycles. The zero-order valence-electron chi connectivity index (χ0n) is 13.4. The number of hydrogen-bond donors (Lipinski definition) is 1. The maximum absolute atomic E-state index is 11.6. The van der Waals surface area contributed by atoms with Crippen LogP contribution in [-0.2, 0) is 16.4 Å². The molecule has 1 N–H and O–H groups in total. The molecular weight excluding hydrogens is 284 g/mol. The molecule has 0 radical (unpaired) electrons. The Morgan fingerprint density at radius 2 is 2.10 bits per heavy atom. The van der Waals surface area contributed by atoms with Gasteiger partial charge in [0.05, 0.1) is 11.5 Å². The van der Waals surface area contributed by atoms with Crippen LogP contribution in [0.15, 0.2) is 18.2 Å². The van der Waals surface area contributed by atoms with E-state index in [1.165, 1.54) is 11.1 Å². The number of nitrogens with one attached hydrogen (secondary N) is 1. The van der Waals surface area contributed by atoms with E-state index >= 15 is 0 Å². The second-order valence-corrected chi connectivity index (χ2v) is 8.54. The molecule has 1 saturated heterocycles. The van der Waals surface area contributed by atoms with Crippen molar-refractivity contribution in [2.24, 2.45) is 0 Å². The maximum atomic E-state index is 11.6. The standard InChI is InChI=1S/C16H26N2O2S/c1-12(2)17-10-14-5-6-15(9-13(14)3)18(4)16-7-8-21(19,20)11-16/h5-6,9,12,16-17H,7-8,10-11H2,1-4H3. The topological polar surface area (TPSA) is 49.4 Å². The van der Waals surface area contributed by atoms with Gasteiger partial charge < -0.3 is 10.2 Å². The molecule has 1 atom stereocenters. The molecular formula is C16H26N2O2S. The third-order valence-electron chi connectivity index (χ3n) is 4.19. The lowest BCUT2D eigenvalue weighted by atomic mass is 10.1. The van der Waals surface area contributed by atoms with Crippen LogP contribution < -0.4 is 10.2 Å². The van der Waals surface area contributed by atoms with Gasteiger partial charge in [-0.2, -0.15) is 0 Å². The minimum absolute atomic E-state index is 0.106. The Balaban J connectivity index is 2.09. The fraction of sp³-hybridized carbons (Fsp3) is 0.625. The van der Waals surface area contributed by atoms with Crippen LogP contribution in [0.2, 0.25) is 0 Å². The Hall–Kier alpha value is -1.07. The zero-order valence-corrected chi connectivity index (χ0v) is 14.2. The molecule has 0 amide bonds. The number of hydrogen-bond acceptors (Lipinski definition) is 4. The summed E-state index contributed by atoms with van der Waals surface area (Å²) in [5, 5.41) is 3.42. The van der Waals surface area contributed by atoms with Crippen molar-refractivity contribution in [1.82, 2.24) is 5.32 Å². The molecule has 4 nitrogen and oxygen atoms in total. The van der Waals surface area contributed by atoms with Gasteiger partial charge in [0.1, 0.15) is 0 Å². The summed E-state index contributed by atoms with van der Waals surface area (Å²) in [6.07, 6.45) is 0.731. The number of nitrogens with zero attached hydrogens (tertiary/aromatic N) is 1. The number of benzene rings is 1. The van der Waals surface area contributed by atoms with E-state index < -0.39 is 9.84 Å². The Morgan fingerprint density at radius 1 is 1.38 bits per heavy atom. The first kappa shape index (κ1) is 16.3. The molecule has 0 bridgehead atoms. The largest absolute Gasteiger partial charge is 0.371 e. The van der Waals surface area contributed by atoms with E-state index in [0.29, 0.717) is 11.8 Å². The minimum Gasteiger partial charge on any atom is -0.371 e. The number of aryl methyl sites for hydroxylation is 1. The average molecular weight is 310 g/mol. The summed E-state index contributed by atoms with van der Waals surface area (Å²) >= 11 is 0. The molecule has 1 aliphatic heterocycles. The van der Waals surface area contributed by atoms with Crippen molar-refractivity contribution in [2.45, 2.75) is 45.8 Å². The third-order valence-corrected chi connectivity index (χ3v) is 5.94. The molecule has 118 valence electrons. The van der Waals surface area contributed by atoms with Crippen LogP contribution in [-0.4, -0.2) is 39.1 Å². The normalized spacial score (nSPS) is 20.9. The summed E-state index contributed by atoms with van der Waals surface area (Å²) in [7, 11) is -0.844. The van der Waals surface area contributed by atoms with E-state index in [9.17, 15) is 8.42 Å². The summed E-state index contributed by atoms with van der Waals surface area (Å²) in [5.74, 6) is 0.594. The van der Waals surface area contributed by atoms with E-state index in [0.717, 1.165) is 18.7 Å². The molecule has 0 aliphatic carbocycles. The van der Waals surface area contributed by atoms with Gasteiger partial charge in [0.25, 0.3) is 0 Å². The van der Waals surface area contributed by atoms with Crippen molar-refractivity contribution < 1.29 is 8.42 Å². The van der Waals surface area contributed by atoms with Gasteiger partial charge in [0.15, 0.2) is 9.84 Å². The summed E-state index contributed by atoms with van der Waals surface area (Å²) in [6.45, 7) is 7.25. The lowest BCUT2D eigenvalue weighted by Crippen LogP contribution is -2.32. The smallest absolute Gasteiger partial charge is 0.152 e. The van der Waals surface area contributed by atoms with E-state index in [1.54, 1.807) is 0 Å². The molecule has 1 aliphatic rings. The van der Waals surface area contributed by atoms with Crippen molar-refractivity contribution in [3.8, 4) is 0 Å². The maximum Gasteiger partial charge on any atom is 0.152 e. The molecule has 1 unspecified atom stereocenters. The van der Waals surface area contributed by atoms with Gasteiger partial charge in [-0.05, 0) is 36.6 Å². The molecule has 2 rings (SSSR count). The van der Waals surface area contributed by atoms with Crippen LogP contribution in [0.3, 0.4) is 0 Å². The van der Waals surface area contributed by atoms with Gasteiger partial charge in [-0.1, -0.05) is 19.9 Å². The highest BCUT2D eigenvalue weighted by atomic mass is 32.2. The average Bonchev–Trinajstić information content (AvgIpc) is 2.76. The van der Waals surface area contributed by atoms with Crippen molar-refractivity contribution >= 4 is 15.5 Å². The van der Waals surface area contributed by atoms with Crippen LogP contribution in [0.25, 0.3) is 0 Å². The molecule has 0 saturated carbocycles. The molecule has 1 aromatic carbocycles. The fourth-order valence-corrected chi connectivity index (χ4v) is 4.48. The van der Waals surface area contributed by atoms with Crippen LogP contribution in [0.1, 0.15) is 31.4 Å². The van der Waals surface area contributed by atoms with Gasteiger partial charge in [0, 0.05) is 31.4 Å². The third kappa shape index (κ3) is 4.20. The van der Waals surface area contributed by atoms with E-state index in [-0.39, 0.29) is 11.8 Å². The monoisotopic (exact) mass is 310 g/mol.